The van der Waals surface area contributed by atoms with Gasteiger partial charge in [0.25, 0.3) is 0 Å². The van der Waals surface area contributed by atoms with Crippen LogP contribution in [-0.4, -0.2) is 24.0 Å². The minimum Gasteiger partial charge on any atom is -0.508 e. The topological polar surface area (TPSA) is 49.3 Å². The van der Waals surface area contributed by atoms with Crippen LogP contribution in [-0.2, 0) is 11.2 Å². The molecule has 2 N–H and O–H groups in total. The van der Waals surface area contributed by atoms with E-state index in [2.05, 4.69) is 12.2 Å². The number of carbonyl (C=O) groups excluding carboxylic acids is 1. The van der Waals surface area contributed by atoms with Crippen molar-refractivity contribution in [3.05, 3.63) is 29.8 Å². The summed E-state index contributed by atoms with van der Waals surface area (Å²) in [4.78, 5) is 10.8. The van der Waals surface area contributed by atoms with Crippen LogP contribution in [0, 0.1) is 0 Å². The number of nitrogens with one attached hydrogen (secondary N) is 1. The molecule has 0 saturated heterocycles. The molecule has 15 heavy (non-hydrogen) atoms. The first-order chi connectivity index (χ1) is 7.26. The molecule has 3 nitrogen and oxygen atoms in total. The third kappa shape index (κ3) is 4.13. The molecule has 0 fully saturated rings. The Morgan fingerprint density at radius 2 is 2.07 bits per heavy atom. The smallest absolute Gasteiger partial charge is 0.137 e. The molecule has 1 rings (SSSR count). The molecule has 0 unspecified atom stereocenters. The first-order valence-electron chi connectivity index (χ1n) is 5.23. The second-order valence-electron chi connectivity index (χ2n) is 3.57. The highest BCUT2D eigenvalue weighted by Crippen LogP contribution is 2.10. The van der Waals surface area contributed by atoms with E-state index in [1.807, 2.05) is 12.1 Å². The summed E-state index contributed by atoms with van der Waals surface area (Å²) in [6.45, 7) is 2.91. The van der Waals surface area contributed by atoms with E-state index < -0.39 is 0 Å². The van der Waals surface area contributed by atoms with Crippen molar-refractivity contribution in [2.75, 3.05) is 6.54 Å². The van der Waals surface area contributed by atoms with Crippen molar-refractivity contribution in [1.82, 2.24) is 5.32 Å². The van der Waals surface area contributed by atoms with Gasteiger partial charge in [-0.3, -0.25) is 0 Å². The zero-order chi connectivity index (χ0) is 11.1. The monoisotopic (exact) mass is 207 g/mol. The number of benzene rings is 1. The van der Waals surface area contributed by atoms with Gasteiger partial charge in [0.2, 0.25) is 0 Å². The lowest BCUT2D eigenvalue weighted by Crippen LogP contribution is -2.33. The van der Waals surface area contributed by atoms with Gasteiger partial charge in [0.1, 0.15) is 12.0 Å². The third-order valence-corrected chi connectivity index (χ3v) is 2.21. The molecular formula is C12H17NO2. The van der Waals surface area contributed by atoms with Gasteiger partial charge < -0.3 is 15.2 Å². The number of rotatable bonds is 6. The zero-order valence-electron chi connectivity index (χ0n) is 8.94. The number of aromatic hydroxyl groups is 1. The van der Waals surface area contributed by atoms with E-state index >= 15 is 0 Å². The fourth-order valence-corrected chi connectivity index (χ4v) is 1.38. The van der Waals surface area contributed by atoms with Gasteiger partial charge in [-0.1, -0.05) is 19.1 Å². The summed E-state index contributed by atoms with van der Waals surface area (Å²) in [5, 5.41) is 12.3. The number of phenolic OH excluding ortho intramolecular Hbond substituents is 1. The van der Waals surface area contributed by atoms with E-state index in [-0.39, 0.29) is 11.8 Å². The van der Waals surface area contributed by atoms with E-state index in [0.717, 1.165) is 24.8 Å². The maximum atomic E-state index is 10.8. The second kappa shape index (κ2) is 6.19. The first-order valence-corrected chi connectivity index (χ1v) is 5.23. The quantitative estimate of drug-likeness (QED) is 0.695. The SMILES string of the molecule is CCCN[C@H](C=O)Cc1ccc(O)cc1. The summed E-state index contributed by atoms with van der Waals surface area (Å²) < 4.78 is 0. The summed E-state index contributed by atoms with van der Waals surface area (Å²) in [7, 11) is 0. The van der Waals surface area contributed by atoms with Crippen molar-refractivity contribution in [3.63, 3.8) is 0 Å². The van der Waals surface area contributed by atoms with E-state index in [1.165, 1.54) is 0 Å². The standard InChI is InChI=1S/C12H17NO2/c1-2-7-13-11(9-14)8-10-3-5-12(15)6-4-10/h3-6,9,11,13,15H,2,7-8H2,1H3/t11-/m0/s1. The highest BCUT2D eigenvalue weighted by Gasteiger charge is 2.06. The van der Waals surface area contributed by atoms with Crippen molar-refractivity contribution in [3.8, 4) is 5.75 Å². The van der Waals surface area contributed by atoms with Crippen molar-refractivity contribution < 1.29 is 9.90 Å². The van der Waals surface area contributed by atoms with Crippen molar-refractivity contribution in [2.45, 2.75) is 25.8 Å². The molecule has 82 valence electrons. The van der Waals surface area contributed by atoms with Crippen LogP contribution >= 0.6 is 0 Å². The predicted octanol–water partition coefficient (Wildman–Crippen LogP) is 1.50. The molecule has 1 atom stereocenters. The highest BCUT2D eigenvalue weighted by atomic mass is 16.3. The molecular weight excluding hydrogens is 190 g/mol. The maximum absolute atomic E-state index is 10.8. The molecule has 0 bridgehead atoms. The largest absolute Gasteiger partial charge is 0.508 e. The molecule has 0 aliphatic heterocycles. The van der Waals surface area contributed by atoms with Crippen LogP contribution in [0.4, 0.5) is 0 Å². The van der Waals surface area contributed by atoms with Gasteiger partial charge >= 0.3 is 0 Å². The molecule has 3 heteroatoms. The minimum atomic E-state index is -0.130. The van der Waals surface area contributed by atoms with Crippen molar-refractivity contribution in [2.24, 2.45) is 0 Å². The molecule has 0 aliphatic carbocycles. The summed E-state index contributed by atoms with van der Waals surface area (Å²) >= 11 is 0. The van der Waals surface area contributed by atoms with Gasteiger partial charge in [-0.2, -0.15) is 0 Å². The summed E-state index contributed by atoms with van der Waals surface area (Å²) in [5.41, 5.74) is 1.05. The second-order valence-corrected chi connectivity index (χ2v) is 3.57. The van der Waals surface area contributed by atoms with Crippen LogP contribution in [0.25, 0.3) is 0 Å². The summed E-state index contributed by atoms with van der Waals surface area (Å²) in [6, 6.07) is 6.81. The Kier molecular flexibility index (Phi) is 4.84. The van der Waals surface area contributed by atoms with E-state index in [0.29, 0.717) is 6.42 Å². The number of phenols is 1. The van der Waals surface area contributed by atoms with Gasteiger partial charge in [-0.15, -0.1) is 0 Å². The molecule has 0 saturated carbocycles. The Bertz CT molecular complexity index is 295. The lowest BCUT2D eigenvalue weighted by molar-refractivity contribution is -0.109. The van der Waals surface area contributed by atoms with Crippen LogP contribution in [0.1, 0.15) is 18.9 Å². The summed E-state index contributed by atoms with van der Waals surface area (Å²) in [6.07, 6.45) is 2.62. The van der Waals surface area contributed by atoms with Crippen LogP contribution in [0.15, 0.2) is 24.3 Å². The van der Waals surface area contributed by atoms with Gasteiger partial charge in [-0.05, 0) is 37.1 Å². The Morgan fingerprint density at radius 3 is 2.60 bits per heavy atom. The van der Waals surface area contributed by atoms with Crippen LogP contribution in [0.5, 0.6) is 5.75 Å². The summed E-state index contributed by atoms with van der Waals surface area (Å²) in [5.74, 6) is 0.253. The lowest BCUT2D eigenvalue weighted by atomic mass is 10.1. The molecule has 1 aromatic carbocycles. The highest BCUT2D eigenvalue weighted by molar-refractivity contribution is 5.58. The average molecular weight is 207 g/mol. The van der Waals surface area contributed by atoms with Crippen LogP contribution < -0.4 is 5.32 Å². The number of hydrogen-bond acceptors (Lipinski definition) is 3. The molecule has 0 spiro atoms. The fourth-order valence-electron chi connectivity index (χ4n) is 1.38. The van der Waals surface area contributed by atoms with E-state index in [1.54, 1.807) is 12.1 Å². The zero-order valence-corrected chi connectivity index (χ0v) is 8.94. The molecule has 0 aromatic heterocycles. The van der Waals surface area contributed by atoms with Gasteiger partial charge in [0.15, 0.2) is 0 Å². The normalized spacial score (nSPS) is 12.3. The molecule has 1 aromatic rings. The Morgan fingerprint density at radius 1 is 1.40 bits per heavy atom. The minimum absolute atomic E-state index is 0.130. The van der Waals surface area contributed by atoms with Gasteiger partial charge in [0.05, 0.1) is 6.04 Å². The van der Waals surface area contributed by atoms with E-state index in [4.69, 9.17) is 5.11 Å². The number of aldehydes is 1. The van der Waals surface area contributed by atoms with Crippen LogP contribution in [0.3, 0.4) is 0 Å². The lowest BCUT2D eigenvalue weighted by Gasteiger charge is -2.11. The van der Waals surface area contributed by atoms with E-state index in [9.17, 15) is 4.79 Å². The van der Waals surface area contributed by atoms with Gasteiger partial charge in [0, 0.05) is 0 Å². The fraction of sp³-hybridized carbons (Fsp3) is 0.417. The molecule has 0 amide bonds. The average Bonchev–Trinajstić information content (AvgIpc) is 2.27. The Balaban J connectivity index is 2.50. The molecule has 0 radical (unpaired) electrons. The van der Waals surface area contributed by atoms with Gasteiger partial charge in [-0.25, -0.2) is 0 Å². The number of carbonyl (C=O) groups is 1. The maximum Gasteiger partial charge on any atom is 0.137 e. The van der Waals surface area contributed by atoms with Crippen molar-refractivity contribution >= 4 is 6.29 Å². The Hall–Kier alpha value is -1.35. The first kappa shape index (κ1) is 11.7. The molecule has 0 heterocycles. The third-order valence-electron chi connectivity index (χ3n) is 2.21. The molecule has 0 aliphatic rings. The van der Waals surface area contributed by atoms with Crippen molar-refractivity contribution in [1.29, 1.82) is 0 Å². The van der Waals surface area contributed by atoms with Crippen LogP contribution in [0.2, 0.25) is 0 Å². The number of hydrogen-bond donors (Lipinski definition) is 2. The Labute approximate surface area is 90.1 Å². The predicted molar refractivity (Wildman–Crippen MR) is 60.0 cm³/mol.